The standard InChI is InChI=1S/C23H16N4O/c28-23-22-25-11-12-27(22)21-18(16-6-1-2-7-17(16)20(21)26-23)13-14-9-10-24-19-8-4-3-5-15(14)19/h1-12,18H,13H2,(H,26,28). The van der Waals surface area contributed by atoms with Crippen LogP contribution < -0.4 is 5.56 Å². The number of nitrogens with zero attached hydrogens (tertiary/aromatic N) is 3. The molecule has 5 aromatic rings. The number of aromatic amines is 1. The molecule has 0 saturated carbocycles. The number of hydrogen-bond acceptors (Lipinski definition) is 3. The van der Waals surface area contributed by atoms with Crippen molar-refractivity contribution in [2.45, 2.75) is 12.3 Å². The SMILES string of the molecule is O=c1[nH]c2c(n3ccnc13)C(Cc1ccnc3ccccc13)c1ccccc1-2. The Hall–Kier alpha value is -3.73. The van der Waals surface area contributed by atoms with Gasteiger partial charge in [-0.05, 0) is 29.7 Å². The van der Waals surface area contributed by atoms with Gasteiger partial charge in [-0.2, -0.15) is 0 Å². The zero-order valence-corrected chi connectivity index (χ0v) is 15.0. The first kappa shape index (κ1) is 15.3. The summed E-state index contributed by atoms with van der Waals surface area (Å²) >= 11 is 0. The summed E-state index contributed by atoms with van der Waals surface area (Å²) in [6, 6.07) is 18.6. The third-order valence-electron chi connectivity index (χ3n) is 5.70. The molecule has 0 amide bonds. The lowest BCUT2D eigenvalue weighted by Gasteiger charge is -2.16. The topological polar surface area (TPSA) is 63.0 Å². The fourth-order valence-corrected chi connectivity index (χ4v) is 4.50. The van der Waals surface area contributed by atoms with Gasteiger partial charge < -0.3 is 4.98 Å². The summed E-state index contributed by atoms with van der Waals surface area (Å²) in [6.45, 7) is 0. The lowest BCUT2D eigenvalue weighted by atomic mass is 9.91. The zero-order chi connectivity index (χ0) is 18.7. The smallest absolute Gasteiger partial charge is 0.292 e. The van der Waals surface area contributed by atoms with Gasteiger partial charge in [0.05, 0.1) is 16.9 Å². The van der Waals surface area contributed by atoms with E-state index in [-0.39, 0.29) is 11.5 Å². The first-order valence-corrected chi connectivity index (χ1v) is 9.32. The highest BCUT2D eigenvalue weighted by atomic mass is 16.1. The van der Waals surface area contributed by atoms with Crippen LogP contribution in [-0.2, 0) is 6.42 Å². The Labute approximate surface area is 160 Å². The van der Waals surface area contributed by atoms with E-state index in [0.717, 1.165) is 28.9 Å². The van der Waals surface area contributed by atoms with Crippen LogP contribution in [-0.4, -0.2) is 19.4 Å². The van der Waals surface area contributed by atoms with Crippen LogP contribution in [0.1, 0.15) is 22.7 Å². The summed E-state index contributed by atoms with van der Waals surface area (Å²) in [5.74, 6) is 0.130. The maximum Gasteiger partial charge on any atom is 0.292 e. The fourth-order valence-electron chi connectivity index (χ4n) is 4.50. The average molecular weight is 364 g/mol. The van der Waals surface area contributed by atoms with E-state index in [0.29, 0.717) is 5.65 Å². The molecule has 1 aliphatic carbocycles. The number of imidazole rings is 1. The third kappa shape index (κ3) is 2.04. The van der Waals surface area contributed by atoms with Crippen LogP contribution in [0.4, 0.5) is 0 Å². The molecule has 3 aromatic heterocycles. The van der Waals surface area contributed by atoms with E-state index in [1.54, 1.807) is 6.20 Å². The molecular weight excluding hydrogens is 348 g/mol. The molecule has 0 spiro atoms. The molecule has 0 saturated heterocycles. The van der Waals surface area contributed by atoms with Gasteiger partial charge in [0.15, 0.2) is 0 Å². The van der Waals surface area contributed by atoms with E-state index in [2.05, 4.69) is 51.4 Å². The quantitative estimate of drug-likeness (QED) is 0.516. The molecule has 0 aliphatic heterocycles. The lowest BCUT2D eigenvalue weighted by molar-refractivity contribution is 0.778. The first-order valence-electron chi connectivity index (χ1n) is 9.32. The number of para-hydroxylation sites is 1. The van der Waals surface area contributed by atoms with Crippen molar-refractivity contribution in [2.24, 2.45) is 0 Å². The van der Waals surface area contributed by atoms with Crippen molar-refractivity contribution < 1.29 is 0 Å². The van der Waals surface area contributed by atoms with Crippen LogP contribution in [0.25, 0.3) is 27.8 Å². The van der Waals surface area contributed by atoms with Crippen LogP contribution in [0.2, 0.25) is 0 Å². The highest BCUT2D eigenvalue weighted by Crippen LogP contribution is 2.45. The predicted octanol–water partition coefficient (Wildman–Crippen LogP) is 3.93. The second-order valence-corrected chi connectivity index (χ2v) is 7.17. The third-order valence-corrected chi connectivity index (χ3v) is 5.70. The molecule has 134 valence electrons. The van der Waals surface area contributed by atoms with Gasteiger partial charge in [-0.15, -0.1) is 0 Å². The summed E-state index contributed by atoms with van der Waals surface area (Å²) < 4.78 is 1.95. The molecule has 1 atom stereocenters. The van der Waals surface area contributed by atoms with E-state index < -0.39 is 0 Å². The molecule has 0 fully saturated rings. The normalized spacial score (nSPS) is 15.1. The van der Waals surface area contributed by atoms with Gasteiger partial charge >= 0.3 is 0 Å². The monoisotopic (exact) mass is 364 g/mol. The molecule has 28 heavy (non-hydrogen) atoms. The Morgan fingerprint density at radius 3 is 2.79 bits per heavy atom. The molecule has 3 heterocycles. The Bertz CT molecular complexity index is 1420. The van der Waals surface area contributed by atoms with Crippen LogP contribution in [0.15, 0.2) is 78.0 Å². The summed E-state index contributed by atoms with van der Waals surface area (Å²) in [6.07, 6.45) is 6.27. The van der Waals surface area contributed by atoms with Gasteiger partial charge in [-0.3, -0.25) is 14.2 Å². The summed E-state index contributed by atoms with van der Waals surface area (Å²) in [4.78, 5) is 24.3. The second kappa shape index (κ2) is 5.63. The van der Waals surface area contributed by atoms with E-state index in [9.17, 15) is 4.79 Å². The van der Waals surface area contributed by atoms with Crippen LogP contribution in [0.5, 0.6) is 0 Å². The van der Waals surface area contributed by atoms with Crippen LogP contribution in [0, 0.1) is 0 Å². The number of H-pyrrole nitrogens is 1. The molecule has 5 nitrogen and oxygen atoms in total. The van der Waals surface area contributed by atoms with Crippen molar-refractivity contribution >= 4 is 16.6 Å². The van der Waals surface area contributed by atoms with Crippen LogP contribution in [0.3, 0.4) is 0 Å². The molecule has 1 aliphatic rings. The molecule has 2 aromatic carbocycles. The summed E-state index contributed by atoms with van der Waals surface area (Å²) in [7, 11) is 0. The van der Waals surface area contributed by atoms with Crippen molar-refractivity contribution in [1.29, 1.82) is 0 Å². The molecule has 6 rings (SSSR count). The number of fused-ring (bicyclic) bond motifs is 6. The molecule has 0 bridgehead atoms. The first-order chi connectivity index (χ1) is 13.8. The van der Waals surface area contributed by atoms with Gasteiger partial charge in [0, 0.05) is 35.5 Å². The number of benzene rings is 2. The van der Waals surface area contributed by atoms with Gasteiger partial charge in [-0.1, -0.05) is 42.5 Å². The van der Waals surface area contributed by atoms with Gasteiger partial charge in [0.2, 0.25) is 5.65 Å². The van der Waals surface area contributed by atoms with Crippen molar-refractivity contribution in [1.82, 2.24) is 19.4 Å². The zero-order valence-electron chi connectivity index (χ0n) is 15.0. The van der Waals surface area contributed by atoms with Crippen molar-refractivity contribution in [3.05, 3.63) is 100 Å². The second-order valence-electron chi connectivity index (χ2n) is 7.17. The van der Waals surface area contributed by atoms with Crippen LogP contribution >= 0.6 is 0 Å². The Morgan fingerprint density at radius 1 is 0.964 bits per heavy atom. The number of hydrogen-bond donors (Lipinski definition) is 1. The fraction of sp³-hybridized carbons (Fsp3) is 0.0870. The Morgan fingerprint density at radius 2 is 1.82 bits per heavy atom. The number of nitrogens with one attached hydrogen (secondary N) is 1. The molecular formula is C23H16N4O. The molecule has 1 N–H and O–H groups in total. The minimum absolute atomic E-state index is 0.130. The van der Waals surface area contributed by atoms with Gasteiger partial charge in [0.25, 0.3) is 5.56 Å². The number of rotatable bonds is 2. The number of aromatic nitrogens is 4. The highest BCUT2D eigenvalue weighted by molar-refractivity contribution is 5.83. The molecule has 5 heteroatoms. The maximum absolute atomic E-state index is 12.5. The summed E-state index contributed by atoms with van der Waals surface area (Å²) in [5, 5.41) is 1.17. The summed E-state index contributed by atoms with van der Waals surface area (Å²) in [5.41, 5.74) is 6.84. The number of pyridine rings is 1. The largest absolute Gasteiger partial charge is 0.317 e. The molecule has 1 unspecified atom stereocenters. The predicted molar refractivity (Wildman–Crippen MR) is 109 cm³/mol. The average Bonchev–Trinajstić information content (AvgIpc) is 3.33. The van der Waals surface area contributed by atoms with Crippen molar-refractivity contribution in [3.8, 4) is 11.3 Å². The van der Waals surface area contributed by atoms with E-state index >= 15 is 0 Å². The minimum Gasteiger partial charge on any atom is -0.317 e. The van der Waals surface area contributed by atoms with Gasteiger partial charge in [-0.25, -0.2) is 4.98 Å². The highest BCUT2D eigenvalue weighted by Gasteiger charge is 2.32. The van der Waals surface area contributed by atoms with Crippen molar-refractivity contribution in [3.63, 3.8) is 0 Å². The Kier molecular flexibility index (Phi) is 3.09. The van der Waals surface area contributed by atoms with E-state index in [1.807, 2.05) is 35.0 Å². The lowest BCUT2D eigenvalue weighted by Crippen LogP contribution is -2.15. The van der Waals surface area contributed by atoms with E-state index in [1.165, 1.54) is 16.5 Å². The Balaban J connectivity index is 1.62. The van der Waals surface area contributed by atoms with E-state index in [4.69, 9.17) is 0 Å². The minimum atomic E-state index is -0.159. The maximum atomic E-state index is 12.5. The van der Waals surface area contributed by atoms with Crippen molar-refractivity contribution in [2.75, 3.05) is 0 Å². The van der Waals surface area contributed by atoms with Gasteiger partial charge in [0.1, 0.15) is 0 Å². The molecule has 0 radical (unpaired) electrons.